The number of hydrogen-bond donors (Lipinski definition) is 4. The van der Waals surface area contributed by atoms with E-state index in [4.69, 9.17) is 16.7 Å². The Balaban J connectivity index is 1.99. The molecule has 2 amide bonds. The Morgan fingerprint density at radius 2 is 1.96 bits per heavy atom. The lowest BCUT2D eigenvalue weighted by molar-refractivity contribution is 0.0694. The van der Waals surface area contributed by atoms with Crippen LogP contribution in [0.4, 0.5) is 9.80 Å². The molecule has 2 rings (SSSR count). The molecule has 1 heterocycles. The van der Waals surface area contributed by atoms with Crippen molar-refractivity contribution in [1.29, 1.82) is 0 Å². The number of nitrogens with one attached hydrogen (secondary N) is 2. The number of nitrogens with zero attached hydrogens (tertiary/aromatic N) is 1. The summed E-state index contributed by atoms with van der Waals surface area (Å²) in [6, 6.07) is 6.76. The number of thioether (sulfide) groups is 1. The molecule has 1 aromatic heterocycles. The number of halogens is 1. The minimum absolute atomic E-state index is 0.0144. The van der Waals surface area contributed by atoms with Gasteiger partial charge in [0.2, 0.25) is 0 Å². The molecule has 0 radical (unpaired) electrons. The first-order chi connectivity index (χ1) is 12.5. The number of aromatic carboxylic acids is 1. The van der Waals surface area contributed by atoms with Crippen molar-refractivity contribution in [2.45, 2.75) is 23.6 Å². The number of benzene rings is 1. The zero-order valence-corrected chi connectivity index (χ0v) is 16.1. The van der Waals surface area contributed by atoms with E-state index in [9.17, 15) is 14.7 Å². The molecule has 4 N–H and O–H groups in total. The summed E-state index contributed by atoms with van der Waals surface area (Å²) in [4.78, 5) is 23.4. The van der Waals surface area contributed by atoms with Gasteiger partial charge in [-0.3, -0.25) is 5.32 Å². The molecule has 0 atom stereocenters. The van der Waals surface area contributed by atoms with Gasteiger partial charge in [-0.25, -0.2) is 9.59 Å². The van der Waals surface area contributed by atoms with Crippen LogP contribution in [0.3, 0.4) is 0 Å². The minimum atomic E-state index is -1.15. The van der Waals surface area contributed by atoms with Crippen LogP contribution < -0.4 is 10.6 Å². The van der Waals surface area contributed by atoms with Crippen LogP contribution in [0.15, 0.2) is 29.3 Å². The summed E-state index contributed by atoms with van der Waals surface area (Å²) in [5, 5.41) is 24.5. The Kier molecular flexibility index (Phi) is 8.17. The second-order valence-electron chi connectivity index (χ2n) is 5.22. The van der Waals surface area contributed by atoms with E-state index in [2.05, 4.69) is 15.0 Å². The third-order valence-corrected chi connectivity index (χ3v) is 5.44. The summed E-state index contributed by atoms with van der Waals surface area (Å²) in [7, 11) is 0. The number of carboxylic acids is 1. The SMILES string of the molecule is O=C(NCCCCO)Nc1snc(SCc2ccc(Cl)cc2)c1C(=O)O. The zero-order chi connectivity index (χ0) is 18.9. The molecule has 1 aromatic carbocycles. The number of aliphatic hydroxyl groups is 1. The first-order valence-electron chi connectivity index (χ1n) is 7.77. The van der Waals surface area contributed by atoms with Gasteiger partial charge in [-0.1, -0.05) is 35.5 Å². The van der Waals surface area contributed by atoms with Crippen LogP contribution in [0.2, 0.25) is 5.02 Å². The molecule has 140 valence electrons. The average Bonchev–Trinajstić information content (AvgIpc) is 3.01. The van der Waals surface area contributed by atoms with Crippen LogP contribution >= 0.6 is 34.9 Å². The van der Waals surface area contributed by atoms with E-state index in [1.54, 1.807) is 12.1 Å². The summed E-state index contributed by atoms with van der Waals surface area (Å²) >= 11 is 8.06. The molecule has 2 aromatic rings. The maximum absolute atomic E-state index is 11.9. The van der Waals surface area contributed by atoms with Gasteiger partial charge in [-0.2, -0.15) is 4.37 Å². The van der Waals surface area contributed by atoms with Crippen molar-refractivity contribution in [3.63, 3.8) is 0 Å². The molecule has 0 bridgehead atoms. The van der Waals surface area contributed by atoms with Crippen molar-refractivity contribution in [2.75, 3.05) is 18.5 Å². The summed E-state index contributed by atoms with van der Waals surface area (Å²) in [6.07, 6.45) is 1.23. The monoisotopic (exact) mass is 415 g/mol. The molecule has 7 nitrogen and oxygen atoms in total. The molecule has 0 spiro atoms. The van der Waals surface area contributed by atoms with Crippen molar-refractivity contribution >= 4 is 51.9 Å². The fourth-order valence-electron chi connectivity index (χ4n) is 1.97. The molecule has 0 saturated heterocycles. The van der Waals surface area contributed by atoms with Gasteiger partial charge in [-0.15, -0.1) is 0 Å². The maximum atomic E-state index is 11.9. The largest absolute Gasteiger partial charge is 0.477 e. The summed E-state index contributed by atoms with van der Waals surface area (Å²) in [5.41, 5.74) is 0.972. The Labute approximate surface area is 163 Å². The molecule has 0 aliphatic rings. The fourth-order valence-corrected chi connectivity index (χ4v) is 3.99. The lowest BCUT2D eigenvalue weighted by Crippen LogP contribution is -2.29. The van der Waals surface area contributed by atoms with Crippen molar-refractivity contribution in [1.82, 2.24) is 9.69 Å². The van der Waals surface area contributed by atoms with Crippen LogP contribution in [-0.4, -0.2) is 39.7 Å². The number of aromatic nitrogens is 1. The van der Waals surface area contributed by atoms with Crippen LogP contribution in [0.5, 0.6) is 0 Å². The number of carboxylic acid groups (broad SMARTS) is 1. The molecular formula is C16H18ClN3O4S2. The lowest BCUT2D eigenvalue weighted by atomic mass is 10.2. The van der Waals surface area contributed by atoms with E-state index in [0.717, 1.165) is 17.1 Å². The van der Waals surface area contributed by atoms with Crippen LogP contribution in [0, 0.1) is 0 Å². The molecule has 0 unspecified atom stereocenters. The predicted molar refractivity (Wildman–Crippen MR) is 103 cm³/mol. The van der Waals surface area contributed by atoms with Crippen molar-refractivity contribution in [3.8, 4) is 0 Å². The second kappa shape index (κ2) is 10.4. The van der Waals surface area contributed by atoms with Gasteiger partial charge < -0.3 is 15.5 Å². The third kappa shape index (κ3) is 6.17. The highest BCUT2D eigenvalue weighted by atomic mass is 35.5. The van der Waals surface area contributed by atoms with Gasteiger partial charge >= 0.3 is 12.0 Å². The molecule has 0 fully saturated rings. The highest BCUT2D eigenvalue weighted by molar-refractivity contribution is 7.98. The first kappa shape index (κ1) is 20.5. The predicted octanol–water partition coefficient (Wildman–Crippen LogP) is 3.68. The van der Waals surface area contributed by atoms with Crippen molar-refractivity contribution in [3.05, 3.63) is 40.4 Å². The van der Waals surface area contributed by atoms with Crippen LogP contribution in [0.1, 0.15) is 28.8 Å². The average molecular weight is 416 g/mol. The first-order valence-corrected chi connectivity index (χ1v) is 9.91. The van der Waals surface area contributed by atoms with Crippen molar-refractivity contribution in [2.24, 2.45) is 0 Å². The van der Waals surface area contributed by atoms with Gasteiger partial charge in [0.1, 0.15) is 15.6 Å². The minimum Gasteiger partial charge on any atom is -0.477 e. The second-order valence-corrected chi connectivity index (χ2v) is 7.40. The van der Waals surface area contributed by atoms with E-state index in [-0.39, 0.29) is 17.2 Å². The number of hydrogen-bond acceptors (Lipinski definition) is 6. The number of carbonyl (C=O) groups excluding carboxylic acids is 1. The van der Waals surface area contributed by atoms with Crippen LogP contribution in [0.25, 0.3) is 0 Å². The van der Waals surface area contributed by atoms with E-state index >= 15 is 0 Å². The highest BCUT2D eigenvalue weighted by Gasteiger charge is 2.22. The van der Waals surface area contributed by atoms with Gasteiger partial charge in [0.05, 0.1) is 0 Å². The zero-order valence-electron chi connectivity index (χ0n) is 13.7. The summed E-state index contributed by atoms with van der Waals surface area (Å²) in [6.45, 7) is 0.460. The van der Waals surface area contributed by atoms with Crippen molar-refractivity contribution < 1.29 is 19.8 Å². The van der Waals surface area contributed by atoms with Crippen LogP contribution in [-0.2, 0) is 5.75 Å². The number of urea groups is 1. The van der Waals surface area contributed by atoms with Gasteiger partial charge in [0, 0.05) is 23.9 Å². The Hall–Kier alpha value is -1.81. The molecule has 0 saturated carbocycles. The Morgan fingerprint density at radius 3 is 2.62 bits per heavy atom. The maximum Gasteiger partial charge on any atom is 0.341 e. The van der Waals surface area contributed by atoms with E-state index < -0.39 is 12.0 Å². The molecular weight excluding hydrogens is 398 g/mol. The van der Waals surface area contributed by atoms with E-state index in [1.807, 2.05) is 12.1 Å². The standard InChI is InChI=1S/C16H18ClN3O4S2/c17-11-5-3-10(4-6-11)9-25-14-12(15(22)23)13(26-20-14)19-16(24)18-7-1-2-8-21/h3-6,21H,1-2,7-9H2,(H,22,23)(H2,18,19,24). The Morgan fingerprint density at radius 1 is 1.23 bits per heavy atom. The topological polar surface area (TPSA) is 112 Å². The fraction of sp³-hybridized carbons (Fsp3) is 0.312. The molecule has 26 heavy (non-hydrogen) atoms. The van der Waals surface area contributed by atoms with E-state index in [1.165, 1.54) is 11.8 Å². The van der Waals surface area contributed by atoms with E-state index in [0.29, 0.717) is 35.2 Å². The van der Waals surface area contributed by atoms with Gasteiger partial charge in [0.25, 0.3) is 0 Å². The number of carbonyl (C=O) groups is 2. The number of rotatable bonds is 9. The lowest BCUT2D eigenvalue weighted by Gasteiger charge is -2.06. The molecule has 0 aliphatic heterocycles. The number of anilines is 1. The molecule has 0 aliphatic carbocycles. The van der Waals surface area contributed by atoms with Gasteiger partial charge in [0.15, 0.2) is 0 Å². The number of unbranched alkanes of at least 4 members (excludes halogenated alkanes) is 1. The Bertz CT molecular complexity index is 752. The van der Waals surface area contributed by atoms with Gasteiger partial charge in [-0.05, 0) is 42.1 Å². The highest BCUT2D eigenvalue weighted by Crippen LogP contribution is 2.33. The summed E-state index contributed by atoms with van der Waals surface area (Å²) in [5.74, 6) is -0.610. The number of amides is 2. The normalized spacial score (nSPS) is 10.5. The number of aliphatic hydroxyl groups excluding tert-OH is 1. The quantitative estimate of drug-likeness (QED) is 0.367. The summed E-state index contributed by atoms with van der Waals surface area (Å²) < 4.78 is 4.15. The smallest absolute Gasteiger partial charge is 0.341 e. The molecule has 10 heteroatoms. The third-order valence-electron chi connectivity index (χ3n) is 3.26.